The molecule has 2 aliphatic rings. The zero-order valence-electron chi connectivity index (χ0n) is 12.4. The van der Waals surface area contributed by atoms with Crippen molar-refractivity contribution in [2.45, 2.75) is 37.7 Å². The van der Waals surface area contributed by atoms with Crippen LogP contribution in [0.25, 0.3) is 0 Å². The molecule has 1 saturated heterocycles. The number of amides is 1. The van der Waals surface area contributed by atoms with Crippen molar-refractivity contribution in [2.75, 3.05) is 20.2 Å². The molecule has 0 radical (unpaired) electrons. The quantitative estimate of drug-likeness (QED) is 0.856. The highest BCUT2D eigenvalue weighted by atomic mass is 35.5. The van der Waals surface area contributed by atoms with Gasteiger partial charge in [0.25, 0.3) is 0 Å². The Balaban J connectivity index is 1.51. The molecule has 3 nitrogen and oxygen atoms in total. The number of likely N-dealkylation sites (tertiary alicyclic amines) is 1. The molecular weight excluding hydrogens is 286 g/mol. The Hall–Kier alpha value is -1.06. The van der Waals surface area contributed by atoms with E-state index in [4.69, 9.17) is 16.3 Å². The number of rotatable bonds is 3. The number of ether oxygens (including phenoxy) is 1. The highest BCUT2D eigenvalue weighted by Gasteiger charge is 2.36. The van der Waals surface area contributed by atoms with Gasteiger partial charge in [0, 0.05) is 31.1 Å². The van der Waals surface area contributed by atoms with E-state index < -0.39 is 0 Å². The Morgan fingerprint density at radius 3 is 2.33 bits per heavy atom. The van der Waals surface area contributed by atoms with Gasteiger partial charge in [-0.25, -0.2) is 0 Å². The summed E-state index contributed by atoms with van der Waals surface area (Å²) in [5.41, 5.74) is 1.36. The average Bonchev–Trinajstić information content (AvgIpc) is 2.47. The Morgan fingerprint density at radius 2 is 1.76 bits per heavy atom. The van der Waals surface area contributed by atoms with Crippen molar-refractivity contribution in [1.29, 1.82) is 0 Å². The van der Waals surface area contributed by atoms with E-state index in [0.717, 1.165) is 43.8 Å². The summed E-state index contributed by atoms with van der Waals surface area (Å²) in [5, 5.41) is 0.785. The van der Waals surface area contributed by atoms with Crippen molar-refractivity contribution in [3.8, 4) is 0 Å². The lowest BCUT2D eigenvalue weighted by Gasteiger charge is -2.41. The molecule has 0 aromatic heterocycles. The molecule has 1 aromatic rings. The van der Waals surface area contributed by atoms with Crippen LogP contribution in [0.1, 0.15) is 37.2 Å². The number of hydrogen-bond acceptors (Lipinski definition) is 2. The Kier molecular flexibility index (Phi) is 4.51. The highest BCUT2D eigenvalue weighted by Crippen LogP contribution is 2.37. The second kappa shape index (κ2) is 6.37. The molecule has 1 heterocycles. The van der Waals surface area contributed by atoms with Gasteiger partial charge in [0.05, 0.1) is 6.10 Å². The second-order valence-electron chi connectivity index (χ2n) is 6.20. The van der Waals surface area contributed by atoms with Crippen LogP contribution < -0.4 is 0 Å². The van der Waals surface area contributed by atoms with E-state index in [0.29, 0.717) is 11.8 Å². The summed E-state index contributed by atoms with van der Waals surface area (Å²) in [5.74, 6) is 1.12. The SMILES string of the molecule is COC1CN(C(=O)[C@H]2CC[C@H](c3ccc(Cl)cc3)CC2)C1. The first-order valence-electron chi connectivity index (χ1n) is 7.74. The van der Waals surface area contributed by atoms with E-state index >= 15 is 0 Å². The number of carbonyl (C=O) groups excluding carboxylic acids is 1. The van der Waals surface area contributed by atoms with E-state index in [9.17, 15) is 4.79 Å². The third-order valence-electron chi connectivity index (χ3n) is 4.91. The molecule has 0 atom stereocenters. The van der Waals surface area contributed by atoms with Crippen molar-refractivity contribution in [3.05, 3.63) is 34.9 Å². The molecule has 1 saturated carbocycles. The number of methoxy groups -OCH3 is 1. The molecule has 1 amide bonds. The first kappa shape index (κ1) is 14.9. The van der Waals surface area contributed by atoms with E-state index in [1.807, 2.05) is 17.0 Å². The molecule has 1 aliphatic heterocycles. The lowest BCUT2D eigenvalue weighted by molar-refractivity contribution is -0.148. The normalized spacial score (nSPS) is 26.5. The van der Waals surface area contributed by atoms with Crippen LogP contribution in [0.15, 0.2) is 24.3 Å². The predicted octanol–water partition coefficient (Wildman–Crippen LogP) is 3.47. The van der Waals surface area contributed by atoms with E-state index in [1.165, 1.54) is 5.56 Å². The molecule has 0 unspecified atom stereocenters. The third kappa shape index (κ3) is 3.24. The summed E-state index contributed by atoms with van der Waals surface area (Å²) < 4.78 is 5.23. The summed E-state index contributed by atoms with van der Waals surface area (Å²) >= 11 is 5.94. The van der Waals surface area contributed by atoms with E-state index in [2.05, 4.69) is 12.1 Å². The number of benzene rings is 1. The van der Waals surface area contributed by atoms with Crippen LogP contribution in [0, 0.1) is 5.92 Å². The largest absolute Gasteiger partial charge is 0.378 e. The van der Waals surface area contributed by atoms with Crippen molar-refractivity contribution in [1.82, 2.24) is 4.90 Å². The van der Waals surface area contributed by atoms with Gasteiger partial charge in [-0.15, -0.1) is 0 Å². The first-order valence-corrected chi connectivity index (χ1v) is 8.12. The Bertz CT molecular complexity index is 488. The van der Waals surface area contributed by atoms with Crippen molar-refractivity contribution < 1.29 is 9.53 Å². The third-order valence-corrected chi connectivity index (χ3v) is 5.16. The Labute approximate surface area is 131 Å². The Morgan fingerprint density at radius 1 is 1.14 bits per heavy atom. The molecular formula is C17H22ClNO2. The fourth-order valence-electron chi connectivity index (χ4n) is 3.43. The predicted molar refractivity (Wildman–Crippen MR) is 83.5 cm³/mol. The maximum absolute atomic E-state index is 12.4. The van der Waals surface area contributed by atoms with Gasteiger partial charge in [-0.2, -0.15) is 0 Å². The molecule has 0 spiro atoms. The standard InChI is InChI=1S/C17H22ClNO2/c1-21-16-10-19(11-16)17(20)14-4-2-12(3-5-14)13-6-8-15(18)9-7-13/h6-9,12,14,16H,2-5,10-11H2,1H3/t12-,14-. The summed E-state index contributed by atoms with van der Waals surface area (Å²) in [6.07, 6.45) is 4.44. The van der Waals surface area contributed by atoms with E-state index in [1.54, 1.807) is 7.11 Å². The van der Waals surface area contributed by atoms with Crippen molar-refractivity contribution in [2.24, 2.45) is 5.92 Å². The summed E-state index contributed by atoms with van der Waals surface area (Å²) in [7, 11) is 1.71. The van der Waals surface area contributed by atoms with Gasteiger partial charge in [0.1, 0.15) is 0 Å². The van der Waals surface area contributed by atoms with Crippen molar-refractivity contribution >= 4 is 17.5 Å². The molecule has 21 heavy (non-hydrogen) atoms. The summed E-state index contributed by atoms with van der Waals surface area (Å²) in [6, 6.07) is 8.15. The topological polar surface area (TPSA) is 29.5 Å². The highest BCUT2D eigenvalue weighted by molar-refractivity contribution is 6.30. The summed E-state index contributed by atoms with van der Waals surface area (Å²) in [6.45, 7) is 1.54. The van der Waals surface area contributed by atoms with Gasteiger partial charge in [0.15, 0.2) is 0 Å². The van der Waals surface area contributed by atoms with E-state index in [-0.39, 0.29) is 12.0 Å². The average molecular weight is 308 g/mol. The van der Waals surface area contributed by atoms with Gasteiger partial charge >= 0.3 is 0 Å². The van der Waals surface area contributed by atoms with Crippen LogP contribution in [0.2, 0.25) is 5.02 Å². The number of carbonyl (C=O) groups is 1. The van der Waals surface area contributed by atoms with Crippen LogP contribution in [-0.4, -0.2) is 37.1 Å². The van der Waals surface area contributed by atoms with Gasteiger partial charge < -0.3 is 9.64 Å². The zero-order chi connectivity index (χ0) is 14.8. The second-order valence-corrected chi connectivity index (χ2v) is 6.64. The molecule has 4 heteroatoms. The van der Waals surface area contributed by atoms with Gasteiger partial charge in [-0.3, -0.25) is 4.79 Å². The van der Waals surface area contributed by atoms with Gasteiger partial charge in [0.2, 0.25) is 5.91 Å². The molecule has 0 N–H and O–H groups in total. The molecule has 0 bridgehead atoms. The number of hydrogen-bond donors (Lipinski definition) is 0. The molecule has 114 valence electrons. The van der Waals surface area contributed by atoms with Crippen LogP contribution >= 0.6 is 11.6 Å². The lowest BCUT2D eigenvalue weighted by Crippen LogP contribution is -2.56. The summed E-state index contributed by atoms with van der Waals surface area (Å²) in [4.78, 5) is 14.3. The molecule has 1 aliphatic carbocycles. The fraction of sp³-hybridized carbons (Fsp3) is 0.588. The minimum atomic E-state index is 0.214. The smallest absolute Gasteiger partial charge is 0.225 e. The van der Waals surface area contributed by atoms with Crippen molar-refractivity contribution in [3.63, 3.8) is 0 Å². The zero-order valence-corrected chi connectivity index (χ0v) is 13.2. The maximum atomic E-state index is 12.4. The molecule has 2 fully saturated rings. The lowest BCUT2D eigenvalue weighted by atomic mass is 9.78. The van der Waals surface area contributed by atoms with Crippen LogP contribution in [0.3, 0.4) is 0 Å². The number of nitrogens with zero attached hydrogens (tertiary/aromatic N) is 1. The van der Waals surface area contributed by atoms with Crippen LogP contribution in [0.4, 0.5) is 0 Å². The number of halogens is 1. The molecule has 3 rings (SSSR count). The first-order chi connectivity index (χ1) is 10.2. The minimum absolute atomic E-state index is 0.214. The maximum Gasteiger partial charge on any atom is 0.225 e. The minimum Gasteiger partial charge on any atom is -0.378 e. The van der Waals surface area contributed by atoms with Gasteiger partial charge in [-0.05, 0) is 49.3 Å². The van der Waals surface area contributed by atoms with Crippen LogP contribution in [-0.2, 0) is 9.53 Å². The van der Waals surface area contributed by atoms with Gasteiger partial charge in [-0.1, -0.05) is 23.7 Å². The molecule has 1 aromatic carbocycles. The fourth-order valence-corrected chi connectivity index (χ4v) is 3.56. The van der Waals surface area contributed by atoms with Crippen LogP contribution in [0.5, 0.6) is 0 Å². The monoisotopic (exact) mass is 307 g/mol.